The third-order valence-corrected chi connectivity index (χ3v) is 3.97. The van der Waals surface area contributed by atoms with Crippen LogP contribution in [0, 0.1) is 0 Å². The van der Waals surface area contributed by atoms with Gasteiger partial charge in [-0.1, -0.05) is 41.4 Å². The van der Waals surface area contributed by atoms with Crippen LogP contribution in [-0.2, 0) is 4.74 Å². The van der Waals surface area contributed by atoms with Crippen molar-refractivity contribution in [2.45, 2.75) is 32.7 Å². The van der Waals surface area contributed by atoms with E-state index in [1.165, 1.54) is 0 Å². The zero-order valence-corrected chi connectivity index (χ0v) is 14.5. The van der Waals surface area contributed by atoms with E-state index in [0.717, 1.165) is 17.3 Å². The Morgan fingerprint density at radius 2 is 2.00 bits per heavy atom. The Balaban J connectivity index is 3.02. The molecule has 0 atom stereocenters. The SMILES string of the molecule is CCC(CC)N(CCOC)C(=O)c1cc(Cl)cc(Br)c1. The van der Waals surface area contributed by atoms with Gasteiger partial charge in [-0.2, -0.15) is 0 Å². The molecule has 112 valence electrons. The standard InChI is InChI=1S/C15H21BrClNO2/c1-4-14(5-2)18(6-7-20-3)15(19)11-8-12(16)10-13(17)9-11/h8-10,14H,4-7H2,1-3H3. The number of nitrogens with zero attached hydrogens (tertiary/aromatic N) is 1. The van der Waals surface area contributed by atoms with Gasteiger partial charge in [0.15, 0.2) is 0 Å². The highest BCUT2D eigenvalue weighted by molar-refractivity contribution is 9.10. The lowest BCUT2D eigenvalue weighted by Gasteiger charge is -2.30. The van der Waals surface area contributed by atoms with Gasteiger partial charge >= 0.3 is 0 Å². The summed E-state index contributed by atoms with van der Waals surface area (Å²) in [4.78, 5) is 14.6. The molecule has 1 amide bonds. The van der Waals surface area contributed by atoms with Gasteiger partial charge in [0.2, 0.25) is 0 Å². The van der Waals surface area contributed by atoms with Crippen LogP contribution >= 0.6 is 27.5 Å². The van der Waals surface area contributed by atoms with Crippen LogP contribution in [0.25, 0.3) is 0 Å². The average Bonchev–Trinajstić information content (AvgIpc) is 2.41. The van der Waals surface area contributed by atoms with Crippen molar-refractivity contribution in [2.75, 3.05) is 20.3 Å². The monoisotopic (exact) mass is 361 g/mol. The average molecular weight is 363 g/mol. The summed E-state index contributed by atoms with van der Waals surface area (Å²) in [5, 5.41) is 0.555. The van der Waals surface area contributed by atoms with Crippen molar-refractivity contribution in [1.82, 2.24) is 4.90 Å². The first-order chi connectivity index (χ1) is 9.53. The van der Waals surface area contributed by atoms with Crippen LogP contribution in [0.15, 0.2) is 22.7 Å². The molecule has 3 nitrogen and oxygen atoms in total. The Hall–Kier alpha value is -0.580. The summed E-state index contributed by atoms with van der Waals surface area (Å²) in [5.74, 6) is -0.000972. The quantitative estimate of drug-likeness (QED) is 0.720. The number of methoxy groups -OCH3 is 1. The van der Waals surface area contributed by atoms with Crippen molar-refractivity contribution in [3.63, 3.8) is 0 Å². The molecule has 0 aliphatic carbocycles. The van der Waals surface area contributed by atoms with Crippen molar-refractivity contribution in [3.05, 3.63) is 33.3 Å². The lowest BCUT2D eigenvalue weighted by molar-refractivity contribution is 0.0589. The molecule has 20 heavy (non-hydrogen) atoms. The highest BCUT2D eigenvalue weighted by atomic mass is 79.9. The number of rotatable bonds is 7. The van der Waals surface area contributed by atoms with Crippen LogP contribution in [-0.4, -0.2) is 37.1 Å². The topological polar surface area (TPSA) is 29.5 Å². The van der Waals surface area contributed by atoms with Crippen molar-refractivity contribution in [1.29, 1.82) is 0 Å². The van der Waals surface area contributed by atoms with E-state index in [0.29, 0.717) is 23.7 Å². The van der Waals surface area contributed by atoms with Gasteiger partial charge < -0.3 is 9.64 Å². The number of hydrogen-bond donors (Lipinski definition) is 0. The van der Waals surface area contributed by atoms with E-state index in [4.69, 9.17) is 16.3 Å². The molecule has 0 bridgehead atoms. The molecule has 1 aromatic carbocycles. The Morgan fingerprint density at radius 1 is 1.35 bits per heavy atom. The first kappa shape index (κ1) is 17.5. The lowest BCUT2D eigenvalue weighted by Crippen LogP contribution is -2.41. The van der Waals surface area contributed by atoms with Gasteiger partial charge in [-0.3, -0.25) is 4.79 Å². The molecule has 0 aliphatic heterocycles. The molecule has 1 aromatic rings. The molecule has 0 saturated heterocycles. The third-order valence-electron chi connectivity index (χ3n) is 3.29. The molecule has 5 heteroatoms. The van der Waals surface area contributed by atoms with E-state index < -0.39 is 0 Å². The number of carbonyl (C=O) groups is 1. The van der Waals surface area contributed by atoms with Crippen molar-refractivity contribution >= 4 is 33.4 Å². The number of ether oxygens (including phenoxy) is 1. The van der Waals surface area contributed by atoms with E-state index in [-0.39, 0.29) is 11.9 Å². The molecule has 1 rings (SSSR count). The first-order valence-corrected chi connectivity index (χ1v) is 7.96. The summed E-state index contributed by atoms with van der Waals surface area (Å²) in [6.45, 7) is 5.31. The Labute approximate surface area is 134 Å². The predicted molar refractivity (Wildman–Crippen MR) is 86.4 cm³/mol. The molecule has 0 fully saturated rings. The molecule has 0 saturated carbocycles. The molecular formula is C15H21BrClNO2. The fourth-order valence-corrected chi connectivity index (χ4v) is 3.07. The van der Waals surface area contributed by atoms with Crippen LogP contribution in [0.5, 0.6) is 0 Å². The van der Waals surface area contributed by atoms with Gasteiger partial charge in [0.05, 0.1) is 6.61 Å². The fourth-order valence-electron chi connectivity index (χ4n) is 2.21. The Kier molecular flexibility index (Phi) is 7.56. The normalized spacial score (nSPS) is 10.9. The Morgan fingerprint density at radius 3 is 2.50 bits per heavy atom. The second-order valence-electron chi connectivity index (χ2n) is 4.62. The zero-order chi connectivity index (χ0) is 15.1. The summed E-state index contributed by atoms with van der Waals surface area (Å²) in [6, 6.07) is 5.50. The van der Waals surface area contributed by atoms with E-state index in [1.807, 2.05) is 4.90 Å². The van der Waals surface area contributed by atoms with Gasteiger partial charge in [-0.25, -0.2) is 0 Å². The van der Waals surface area contributed by atoms with Crippen LogP contribution in [0.3, 0.4) is 0 Å². The number of halogens is 2. The van der Waals surface area contributed by atoms with Crippen molar-refractivity contribution in [3.8, 4) is 0 Å². The minimum Gasteiger partial charge on any atom is -0.383 e. The second-order valence-corrected chi connectivity index (χ2v) is 5.97. The van der Waals surface area contributed by atoms with Crippen LogP contribution in [0.1, 0.15) is 37.0 Å². The number of carbonyl (C=O) groups excluding carboxylic acids is 1. The minimum atomic E-state index is -0.000972. The fraction of sp³-hybridized carbons (Fsp3) is 0.533. The second kappa shape index (κ2) is 8.65. The minimum absolute atomic E-state index is 0.000972. The summed E-state index contributed by atoms with van der Waals surface area (Å²) >= 11 is 9.40. The highest BCUT2D eigenvalue weighted by Gasteiger charge is 2.22. The van der Waals surface area contributed by atoms with Gasteiger partial charge in [0.1, 0.15) is 0 Å². The Bertz CT molecular complexity index is 429. The van der Waals surface area contributed by atoms with E-state index in [2.05, 4.69) is 29.8 Å². The molecule has 0 heterocycles. The summed E-state index contributed by atoms with van der Waals surface area (Å²) in [5.41, 5.74) is 0.604. The van der Waals surface area contributed by atoms with Crippen LogP contribution in [0.4, 0.5) is 0 Å². The van der Waals surface area contributed by atoms with Crippen LogP contribution in [0.2, 0.25) is 5.02 Å². The molecule has 0 spiro atoms. The molecule has 0 aliphatic rings. The van der Waals surface area contributed by atoms with E-state index >= 15 is 0 Å². The van der Waals surface area contributed by atoms with Gasteiger partial charge in [-0.05, 0) is 31.0 Å². The van der Waals surface area contributed by atoms with Crippen molar-refractivity contribution < 1.29 is 9.53 Å². The predicted octanol–water partition coefficient (Wildman–Crippen LogP) is 4.38. The van der Waals surface area contributed by atoms with Crippen molar-refractivity contribution in [2.24, 2.45) is 0 Å². The summed E-state index contributed by atoms with van der Waals surface area (Å²) in [7, 11) is 1.64. The van der Waals surface area contributed by atoms with Crippen LogP contribution < -0.4 is 0 Å². The molecule has 0 aromatic heterocycles. The maximum Gasteiger partial charge on any atom is 0.254 e. The maximum atomic E-state index is 12.7. The molecule has 0 N–H and O–H groups in total. The summed E-state index contributed by atoms with van der Waals surface area (Å²) < 4.78 is 5.93. The number of amides is 1. The van der Waals surface area contributed by atoms with E-state index in [9.17, 15) is 4.79 Å². The first-order valence-electron chi connectivity index (χ1n) is 6.79. The highest BCUT2D eigenvalue weighted by Crippen LogP contribution is 2.22. The molecule has 0 unspecified atom stereocenters. The third kappa shape index (κ3) is 4.76. The molecular weight excluding hydrogens is 342 g/mol. The van der Waals surface area contributed by atoms with E-state index in [1.54, 1.807) is 25.3 Å². The van der Waals surface area contributed by atoms with Gasteiger partial charge in [0.25, 0.3) is 5.91 Å². The van der Waals surface area contributed by atoms with Gasteiger partial charge in [0, 0.05) is 34.8 Å². The largest absolute Gasteiger partial charge is 0.383 e. The maximum absolute atomic E-state index is 12.7. The number of benzene rings is 1. The lowest BCUT2D eigenvalue weighted by atomic mass is 10.1. The zero-order valence-electron chi connectivity index (χ0n) is 12.2. The molecule has 0 radical (unpaired) electrons. The smallest absolute Gasteiger partial charge is 0.254 e. The van der Waals surface area contributed by atoms with Gasteiger partial charge in [-0.15, -0.1) is 0 Å². The number of hydrogen-bond acceptors (Lipinski definition) is 2. The summed E-state index contributed by atoms with van der Waals surface area (Å²) in [6.07, 6.45) is 1.85.